The lowest BCUT2D eigenvalue weighted by atomic mass is 9.73. The van der Waals surface area contributed by atoms with E-state index in [1.54, 1.807) is 12.1 Å². The third-order valence-corrected chi connectivity index (χ3v) is 3.60. The molecule has 1 fully saturated rings. The van der Waals surface area contributed by atoms with E-state index in [1.165, 1.54) is 6.07 Å². The molecule has 2 rings (SSSR count). The predicted octanol–water partition coefficient (Wildman–Crippen LogP) is 2.09. The maximum absolute atomic E-state index is 13.9. The molecule has 1 saturated heterocycles. The van der Waals surface area contributed by atoms with Crippen LogP contribution < -0.4 is 5.32 Å². The number of hydrogen-bond acceptors (Lipinski definition) is 2. The lowest BCUT2D eigenvalue weighted by molar-refractivity contribution is 0.154. The number of halogens is 2. The summed E-state index contributed by atoms with van der Waals surface area (Å²) in [6.45, 7) is 1.60. The van der Waals surface area contributed by atoms with Crippen LogP contribution in [0.4, 0.5) is 4.39 Å². The van der Waals surface area contributed by atoms with Gasteiger partial charge in [-0.05, 0) is 43.6 Å². The highest BCUT2D eigenvalue weighted by Gasteiger charge is 2.35. The summed E-state index contributed by atoms with van der Waals surface area (Å²) in [6.07, 6.45) is 1.50. The van der Waals surface area contributed by atoms with Crippen molar-refractivity contribution in [1.82, 2.24) is 5.32 Å². The molecule has 0 bridgehead atoms. The summed E-state index contributed by atoms with van der Waals surface area (Å²) in [4.78, 5) is 0. The first kappa shape index (κ1) is 11.8. The first-order valence-corrected chi connectivity index (χ1v) is 5.83. The van der Waals surface area contributed by atoms with E-state index in [9.17, 15) is 9.50 Å². The number of benzene rings is 1. The lowest BCUT2D eigenvalue weighted by Crippen LogP contribution is -2.43. The van der Waals surface area contributed by atoms with E-state index in [2.05, 4.69) is 5.32 Å². The Balaban J connectivity index is 2.39. The molecule has 2 N–H and O–H groups in total. The molecule has 0 saturated carbocycles. The van der Waals surface area contributed by atoms with Crippen molar-refractivity contribution >= 4 is 11.6 Å². The molecule has 0 aliphatic carbocycles. The van der Waals surface area contributed by atoms with E-state index in [0.717, 1.165) is 25.9 Å². The zero-order valence-electron chi connectivity index (χ0n) is 8.97. The molecule has 0 amide bonds. The van der Waals surface area contributed by atoms with Crippen molar-refractivity contribution in [2.45, 2.75) is 18.3 Å². The molecule has 0 atom stereocenters. The maximum atomic E-state index is 13.9. The third kappa shape index (κ3) is 2.08. The summed E-state index contributed by atoms with van der Waals surface area (Å²) in [7, 11) is 0. The Labute approximate surface area is 99.4 Å². The van der Waals surface area contributed by atoms with E-state index >= 15 is 0 Å². The fourth-order valence-electron chi connectivity index (χ4n) is 2.34. The SMILES string of the molecule is OCC1(c2ccc(Cl)cc2F)CCNCC1. The third-order valence-electron chi connectivity index (χ3n) is 3.37. The van der Waals surface area contributed by atoms with Gasteiger partial charge in [0.1, 0.15) is 5.82 Å². The summed E-state index contributed by atoms with van der Waals surface area (Å²) in [5.74, 6) is -0.316. The first-order valence-electron chi connectivity index (χ1n) is 5.45. The van der Waals surface area contributed by atoms with Crippen LogP contribution in [0, 0.1) is 5.82 Å². The number of aliphatic hydroxyl groups excluding tert-OH is 1. The van der Waals surface area contributed by atoms with Gasteiger partial charge in [0.05, 0.1) is 6.61 Å². The Bertz CT molecular complexity index is 377. The highest BCUT2D eigenvalue weighted by atomic mass is 35.5. The molecule has 2 nitrogen and oxygen atoms in total. The van der Waals surface area contributed by atoms with Crippen molar-refractivity contribution in [2.75, 3.05) is 19.7 Å². The summed E-state index contributed by atoms with van der Waals surface area (Å²) in [5, 5.41) is 13.2. The van der Waals surface area contributed by atoms with E-state index in [4.69, 9.17) is 11.6 Å². The van der Waals surface area contributed by atoms with Crippen LogP contribution in [0.25, 0.3) is 0 Å². The lowest BCUT2D eigenvalue weighted by Gasteiger charge is -2.36. The van der Waals surface area contributed by atoms with Gasteiger partial charge in [0.2, 0.25) is 0 Å². The molecule has 0 aromatic heterocycles. The minimum Gasteiger partial charge on any atom is -0.395 e. The van der Waals surface area contributed by atoms with Crippen LogP contribution in [0.3, 0.4) is 0 Å². The van der Waals surface area contributed by atoms with E-state index in [-0.39, 0.29) is 12.4 Å². The van der Waals surface area contributed by atoms with Gasteiger partial charge in [-0.1, -0.05) is 17.7 Å². The molecule has 1 aromatic rings. The van der Waals surface area contributed by atoms with Crippen LogP contribution in [-0.2, 0) is 5.41 Å². The van der Waals surface area contributed by atoms with Crippen molar-refractivity contribution in [3.05, 3.63) is 34.6 Å². The van der Waals surface area contributed by atoms with Gasteiger partial charge in [-0.15, -0.1) is 0 Å². The van der Waals surface area contributed by atoms with Crippen molar-refractivity contribution in [1.29, 1.82) is 0 Å². The highest BCUT2D eigenvalue weighted by Crippen LogP contribution is 2.35. The Morgan fingerprint density at radius 2 is 2.06 bits per heavy atom. The average molecular weight is 244 g/mol. The van der Waals surface area contributed by atoms with Gasteiger partial charge in [-0.25, -0.2) is 4.39 Å². The van der Waals surface area contributed by atoms with Crippen LogP contribution in [0.2, 0.25) is 5.02 Å². The van der Waals surface area contributed by atoms with Gasteiger partial charge in [-0.2, -0.15) is 0 Å². The number of hydrogen-bond donors (Lipinski definition) is 2. The van der Waals surface area contributed by atoms with E-state index in [0.29, 0.717) is 10.6 Å². The molecule has 0 radical (unpaired) electrons. The van der Waals surface area contributed by atoms with Crippen LogP contribution in [-0.4, -0.2) is 24.8 Å². The van der Waals surface area contributed by atoms with Crippen molar-refractivity contribution in [3.8, 4) is 0 Å². The molecule has 1 heterocycles. The van der Waals surface area contributed by atoms with Gasteiger partial charge in [-0.3, -0.25) is 0 Å². The van der Waals surface area contributed by atoms with Crippen LogP contribution in [0.15, 0.2) is 18.2 Å². The fraction of sp³-hybridized carbons (Fsp3) is 0.500. The molecule has 0 spiro atoms. The summed E-state index contributed by atoms with van der Waals surface area (Å²) < 4.78 is 13.9. The number of nitrogens with one attached hydrogen (secondary N) is 1. The zero-order valence-corrected chi connectivity index (χ0v) is 9.73. The molecular weight excluding hydrogens is 229 g/mol. The number of aliphatic hydroxyl groups is 1. The van der Waals surface area contributed by atoms with Gasteiger partial charge in [0.25, 0.3) is 0 Å². The van der Waals surface area contributed by atoms with Crippen molar-refractivity contribution < 1.29 is 9.50 Å². The largest absolute Gasteiger partial charge is 0.395 e. The molecule has 4 heteroatoms. The topological polar surface area (TPSA) is 32.3 Å². The molecular formula is C12H15ClFNO. The van der Waals surface area contributed by atoms with E-state index < -0.39 is 5.41 Å². The van der Waals surface area contributed by atoms with Crippen LogP contribution in [0.5, 0.6) is 0 Å². The molecule has 1 aliphatic rings. The Hall–Kier alpha value is -0.640. The molecule has 0 unspecified atom stereocenters. The molecule has 1 aliphatic heterocycles. The minimum atomic E-state index is -0.445. The fourth-order valence-corrected chi connectivity index (χ4v) is 2.50. The van der Waals surface area contributed by atoms with Gasteiger partial charge < -0.3 is 10.4 Å². The van der Waals surface area contributed by atoms with E-state index in [1.807, 2.05) is 0 Å². The summed E-state index contributed by atoms with van der Waals surface area (Å²) in [6, 6.07) is 4.69. The first-order chi connectivity index (χ1) is 7.68. The molecule has 88 valence electrons. The Morgan fingerprint density at radius 3 is 2.62 bits per heavy atom. The zero-order chi connectivity index (χ0) is 11.6. The Morgan fingerprint density at radius 1 is 1.38 bits per heavy atom. The van der Waals surface area contributed by atoms with Crippen LogP contribution >= 0.6 is 11.6 Å². The smallest absolute Gasteiger partial charge is 0.128 e. The standard InChI is InChI=1S/C12H15ClFNO/c13-9-1-2-10(11(14)7-9)12(8-16)3-5-15-6-4-12/h1-2,7,15-16H,3-6,8H2. The van der Waals surface area contributed by atoms with Gasteiger partial charge in [0, 0.05) is 10.4 Å². The summed E-state index contributed by atoms with van der Waals surface area (Å²) >= 11 is 5.73. The van der Waals surface area contributed by atoms with Gasteiger partial charge in [0.15, 0.2) is 0 Å². The second-order valence-corrected chi connectivity index (χ2v) is 4.75. The average Bonchev–Trinajstić information content (AvgIpc) is 2.30. The predicted molar refractivity (Wildman–Crippen MR) is 62.3 cm³/mol. The molecule has 16 heavy (non-hydrogen) atoms. The Kier molecular flexibility index (Phi) is 3.47. The van der Waals surface area contributed by atoms with Crippen LogP contribution in [0.1, 0.15) is 18.4 Å². The summed E-state index contributed by atoms with van der Waals surface area (Å²) in [5.41, 5.74) is 0.140. The highest BCUT2D eigenvalue weighted by molar-refractivity contribution is 6.30. The van der Waals surface area contributed by atoms with Crippen molar-refractivity contribution in [3.63, 3.8) is 0 Å². The number of rotatable bonds is 2. The normalized spacial score (nSPS) is 19.7. The van der Waals surface area contributed by atoms with Gasteiger partial charge >= 0.3 is 0 Å². The quantitative estimate of drug-likeness (QED) is 0.834. The monoisotopic (exact) mass is 243 g/mol. The maximum Gasteiger partial charge on any atom is 0.128 e. The number of piperidine rings is 1. The molecule has 1 aromatic carbocycles. The second-order valence-electron chi connectivity index (χ2n) is 4.31. The second kappa shape index (κ2) is 4.70. The van der Waals surface area contributed by atoms with Crippen molar-refractivity contribution in [2.24, 2.45) is 0 Å². The minimum absolute atomic E-state index is 0.0206.